The number of piperidine rings is 1. The van der Waals surface area contributed by atoms with Crippen LogP contribution in [0, 0.1) is 23.2 Å². The number of nitrogens with zero attached hydrogens (tertiary/aromatic N) is 4. The Labute approximate surface area is 449 Å². The van der Waals surface area contributed by atoms with Crippen LogP contribution in [0.5, 0.6) is 17.2 Å². The fourth-order valence-electron chi connectivity index (χ4n) is 9.84. The minimum Gasteiger partial charge on any atom is -0.495 e. The van der Waals surface area contributed by atoms with Gasteiger partial charge in [-0.2, -0.15) is 5.26 Å². The second-order valence-electron chi connectivity index (χ2n) is 19.2. The first-order valence-electron chi connectivity index (χ1n) is 26.3. The number of fused-ring (bicyclic) bond motifs is 2. The van der Waals surface area contributed by atoms with Crippen molar-refractivity contribution in [2.24, 2.45) is 11.8 Å². The molecule has 2 aliphatic heterocycles. The molecule has 19 heteroatoms. The molecule has 402 valence electrons. The van der Waals surface area contributed by atoms with Crippen LogP contribution in [0.1, 0.15) is 116 Å². The first-order valence-corrected chi connectivity index (χ1v) is 27.0. The number of ketones is 2. The summed E-state index contributed by atoms with van der Waals surface area (Å²) in [6, 6.07) is 13.9. The topological polar surface area (TPSA) is 211 Å². The number of ether oxygens (including phenoxy) is 5. The first-order chi connectivity index (χ1) is 36.5. The molecule has 0 radical (unpaired) electrons. The van der Waals surface area contributed by atoms with Gasteiger partial charge in [0.1, 0.15) is 11.8 Å². The third kappa shape index (κ3) is 15.6. The van der Waals surface area contributed by atoms with Crippen molar-refractivity contribution >= 4 is 80.5 Å². The van der Waals surface area contributed by atoms with Crippen LogP contribution in [-0.4, -0.2) is 131 Å². The fourth-order valence-corrected chi connectivity index (χ4v) is 10.3. The highest BCUT2D eigenvalue weighted by Crippen LogP contribution is 2.41. The van der Waals surface area contributed by atoms with Crippen molar-refractivity contribution in [1.29, 1.82) is 5.26 Å². The summed E-state index contributed by atoms with van der Waals surface area (Å²) < 4.78 is 29.0. The smallest absolute Gasteiger partial charge is 0.230 e. The number of pyridine rings is 1. The Morgan fingerprint density at radius 1 is 0.747 bits per heavy atom. The van der Waals surface area contributed by atoms with Crippen molar-refractivity contribution in [3.05, 3.63) is 75.4 Å². The molecule has 2 atom stereocenters. The molecule has 1 aromatic heterocycles. The van der Waals surface area contributed by atoms with Gasteiger partial charge < -0.3 is 44.1 Å². The van der Waals surface area contributed by atoms with Crippen molar-refractivity contribution in [3.63, 3.8) is 0 Å². The maximum Gasteiger partial charge on any atom is 0.230 e. The highest BCUT2D eigenvalue weighted by molar-refractivity contribution is 6.37. The Morgan fingerprint density at radius 2 is 1.40 bits per heavy atom. The summed E-state index contributed by atoms with van der Waals surface area (Å²) in [5.41, 5.74) is 2.65. The van der Waals surface area contributed by atoms with E-state index in [1.54, 1.807) is 37.4 Å². The number of aromatic nitrogens is 1. The number of carbonyl (C=O) groups is 5. The van der Waals surface area contributed by atoms with Gasteiger partial charge >= 0.3 is 0 Å². The number of hydrogen-bond acceptors (Lipinski definition) is 15. The number of hydrogen-bond donors (Lipinski definition) is 3. The molecule has 17 nitrogen and oxygen atoms in total. The van der Waals surface area contributed by atoms with Crippen LogP contribution in [0.2, 0.25) is 10.0 Å². The predicted molar refractivity (Wildman–Crippen MR) is 288 cm³/mol. The van der Waals surface area contributed by atoms with E-state index in [0.29, 0.717) is 81.4 Å². The number of anilines is 3. The number of imide groups is 1. The predicted octanol–water partition coefficient (Wildman–Crippen LogP) is 9.57. The van der Waals surface area contributed by atoms with Crippen molar-refractivity contribution in [2.75, 3.05) is 97.2 Å². The molecule has 0 saturated carbocycles. The third-order valence-electron chi connectivity index (χ3n) is 14.0. The lowest BCUT2D eigenvalue weighted by molar-refractivity contribution is -0.137. The largest absolute Gasteiger partial charge is 0.495 e. The lowest BCUT2D eigenvalue weighted by Crippen LogP contribution is -2.46. The third-order valence-corrected chi connectivity index (χ3v) is 14.6. The van der Waals surface area contributed by atoms with Gasteiger partial charge in [-0.15, -0.1) is 0 Å². The van der Waals surface area contributed by atoms with Gasteiger partial charge in [-0.25, -0.2) is 0 Å². The molecule has 1 aliphatic carbocycles. The number of piperazine rings is 1. The molecule has 0 spiro atoms. The number of carbonyl (C=O) groups excluding carboxylic acids is 5. The number of Topliss-reactive ketones (excluding diaryl/α,β-unsaturated/α-hetero) is 2. The molecule has 3 amide bonds. The molecule has 4 aromatic rings. The Hall–Kier alpha value is -5.87. The second-order valence-corrected chi connectivity index (χ2v) is 20.0. The fraction of sp³-hybridized carbons (Fsp3) is 0.518. The van der Waals surface area contributed by atoms with Crippen molar-refractivity contribution in [1.82, 2.24) is 20.1 Å². The van der Waals surface area contributed by atoms with E-state index in [1.807, 2.05) is 12.1 Å². The summed E-state index contributed by atoms with van der Waals surface area (Å²) in [7, 11) is 3.11. The number of amides is 3. The zero-order valence-corrected chi connectivity index (χ0v) is 44.6. The molecule has 3 aliphatic rings. The minimum atomic E-state index is -1.18. The Kier molecular flexibility index (Phi) is 21.9. The molecule has 2 unspecified atom stereocenters. The lowest BCUT2D eigenvalue weighted by atomic mass is 9.82. The van der Waals surface area contributed by atoms with E-state index in [9.17, 15) is 29.2 Å². The van der Waals surface area contributed by atoms with Gasteiger partial charge in [-0.3, -0.25) is 34.3 Å². The average molecular weight is 1070 g/mol. The van der Waals surface area contributed by atoms with Crippen LogP contribution in [0.15, 0.2) is 48.7 Å². The molecule has 3 heterocycles. The normalized spacial score (nSPS) is 16.9. The number of rotatable bonds is 30. The zero-order chi connectivity index (χ0) is 53.1. The minimum absolute atomic E-state index is 0.0757. The van der Waals surface area contributed by atoms with Crippen LogP contribution >= 0.6 is 23.2 Å². The number of unbranched alkanes of at least 4 members (excludes halogenated alkanes) is 7. The van der Waals surface area contributed by atoms with Gasteiger partial charge in [0.25, 0.3) is 0 Å². The summed E-state index contributed by atoms with van der Waals surface area (Å²) >= 11 is 12.8. The van der Waals surface area contributed by atoms with E-state index in [1.165, 1.54) is 32.6 Å². The van der Waals surface area contributed by atoms with Gasteiger partial charge in [0.15, 0.2) is 23.1 Å². The van der Waals surface area contributed by atoms with Crippen LogP contribution in [0.25, 0.3) is 10.9 Å². The highest BCUT2D eigenvalue weighted by atomic mass is 35.5. The molecular formula is C56H69Cl2N7O10. The highest BCUT2D eigenvalue weighted by Gasteiger charge is 2.48. The standard InChI is InChI=1S/C56H69Cl2N7O10/c1-71-46-34-45(41(57)32-42(46)58)62-53-37(35-59)36-60-44-33-48(47(72-2)31-40(44)53)75-30-14-21-65-24-22-64(23-25-65)20-8-3-4-9-26-73-28-11-6-12-29-74-27-10-5-7-17-49(66)61-43-16-13-15-38-51(43)55(69)52(54(38)68)39-18-19-50(67)63-56(39)70/h13,15-16,31-34,36,39,52H,3-12,14,17-30H2,1-2H3,(H,60,62)(H,61,66)(H,63,67,70). The lowest BCUT2D eigenvalue weighted by Gasteiger charge is -2.34. The van der Waals surface area contributed by atoms with Gasteiger partial charge in [-0.05, 0) is 82.5 Å². The van der Waals surface area contributed by atoms with Gasteiger partial charge in [0.05, 0.1) is 76.4 Å². The maximum absolute atomic E-state index is 13.3. The Bertz CT molecular complexity index is 2690. The number of halogens is 2. The molecule has 0 bridgehead atoms. The SMILES string of the molecule is COc1cc(Nc2c(C#N)cnc3cc(OCCCN4CCN(CCCCCCOCCCCCOCCCCCC(=O)Nc5cccc6c5C(=O)C(C5CCC(=O)NC5=O)C6=O)CC4)c(OC)cc23)c(Cl)cc1Cl. The molecule has 7 rings (SSSR count). The van der Waals surface area contributed by atoms with E-state index >= 15 is 0 Å². The summed E-state index contributed by atoms with van der Waals surface area (Å²) in [5.74, 6) is -2.71. The van der Waals surface area contributed by atoms with Crippen LogP contribution < -0.4 is 30.2 Å². The van der Waals surface area contributed by atoms with E-state index in [0.717, 1.165) is 97.4 Å². The Morgan fingerprint density at radius 3 is 2.07 bits per heavy atom. The van der Waals surface area contributed by atoms with E-state index in [2.05, 4.69) is 36.8 Å². The van der Waals surface area contributed by atoms with Crippen molar-refractivity contribution in [3.8, 4) is 23.3 Å². The van der Waals surface area contributed by atoms with Gasteiger partial charge in [0.2, 0.25) is 17.7 Å². The quantitative estimate of drug-likeness (QED) is 0.0252. The summed E-state index contributed by atoms with van der Waals surface area (Å²) in [6.45, 7) is 9.75. The average Bonchev–Trinajstić information content (AvgIpc) is 3.67. The van der Waals surface area contributed by atoms with Gasteiger partial charge in [-0.1, -0.05) is 54.6 Å². The van der Waals surface area contributed by atoms with Gasteiger partial charge in [0, 0.05) is 101 Å². The Balaban J connectivity index is 0.657. The molecule has 75 heavy (non-hydrogen) atoms. The monoisotopic (exact) mass is 1070 g/mol. The van der Waals surface area contributed by atoms with E-state index < -0.39 is 35.2 Å². The molecule has 3 aromatic carbocycles. The number of nitrogens with one attached hydrogen (secondary N) is 3. The molecule has 2 fully saturated rings. The first kappa shape index (κ1) is 56.8. The second kappa shape index (κ2) is 28.9. The number of nitriles is 1. The van der Waals surface area contributed by atoms with E-state index in [4.69, 9.17) is 46.9 Å². The van der Waals surface area contributed by atoms with Crippen molar-refractivity contribution < 1.29 is 47.7 Å². The maximum atomic E-state index is 13.3. The van der Waals surface area contributed by atoms with Crippen LogP contribution in [-0.2, 0) is 23.9 Å². The molecular weight excluding hydrogens is 1000 g/mol. The van der Waals surface area contributed by atoms with E-state index in [-0.39, 0.29) is 42.0 Å². The number of benzene rings is 3. The molecule has 3 N–H and O–H groups in total. The van der Waals surface area contributed by atoms with Crippen LogP contribution in [0.3, 0.4) is 0 Å². The summed E-state index contributed by atoms with van der Waals surface area (Å²) in [6.07, 6.45) is 12.9. The number of methoxy groups -OCH3 is 2. The summed E-state index contributed by atoms with van der Waals surface area (Å²) in [5, 5.41) is 19.6. The zero-order valence-electron chi connectivity index (χ0n) is 43.1. The molecule has 2 saturated heterocycles. The van der Waals surface area contributed by atoms with Crippen molar-refractivity contribution in [2.45, 2.75) is 89.9 Å². The summed E-state index contributed by atoms with van der Waals surface area (Å²) in [4.78, 5) is 72.9. The van der Waals surface area contributed by atoms with Crippen LogP contribution in [0.4, 0.5) is 17.1 Å².